The molecule has 1 heterocycles. The van der Waals surface area contributed by atoms with E-state index in [-0.39, 0.29) is 30.1 Å². The molecule has 5 heteroatoms. The minimum absolute atomic E-state index is 0.0517. The van der Waals surface area contributed by atoms with Crippen molar-refractivity contribution >= 4 is 17.7 Å². The minimum atomic E-state index is -0.790. The lowest BCUT2D eigenvalue weighted by molar-refractivity contribution is -0.138. The number of Topliss-reactive ketones (excluding diaryl/α,β-unsaturated/α-hetero) is 1. The molecule has 3 amide bonds. The predicted molar refractivity (Wildman–Crippen MR) is 75.1 cm³/mol. The van der Waals surface area contributed by atoms with Gasteiger partial charge in [-0.1, -0.05) is 27.2 Å². The van der Waals surface area contributed by atoms with Crippen LogP contribution in [0.3, 0.4) is 0 Å². The highest BCUT2D eigenvalue weighted by molar-refractivity contribution is 6.09. The highest BCUT2D eigenvalue weighted by atomic mass is 16.2. The summed E-state index contributed by atoms with van der Waals surface area (Å²) in [6, 6.07) is -0.403. The van der Waals surface area contributed by atoms with Gasteiger partial charge in [-0.3, -0.25) is 14.5 Å². The van der Waals surface area contributed by atoms with E-state index in [1.165, 1.54) is 0 Å². The monoisotopic (exact) mass is 280 g/mol. The van der Waals surface area contributed by atoms with Crippen LogP contribution in [0, 0.1) is 11.8 Å². The van der Waals surface area contributed by atoms with E-state index in [4.69, 9.17) is 0 Å². The average Bonchev–Trinajstić information content (AvgIpc) is 2.62. The number of hydrogen-bond donors (Lipinski definition) is 1. The van der Waals surface area contributed by atoms with Gasteiger partial charge in [-0.15, -0.1) is 0 Å². The van der Waals surface area contributed by atoms with Crippen molar-refractivity contribution in [2.45, 2.75) is 58.4 Å². The molecule has 2 rings (SSSR count). The summed E-state index contributed by atoms with van der Waals surface area (Å²) in [4.78, 5) is 37.7. The molecule has 0 aromatic heterocycles. The second-order valence-electron chi connectivity index (χ2n) is 6.21. The fourth-order valence-corrected chi connectivity index (χ4v) is 3.63. The van der Waals surface area contributed by atoms with Gasteiger partial charge in [0.1, 0.15) is 5.54 Å². The molecular weight excluding hydrogens is 256 g/mol. The molecule has 1 saturated heterocycles. The summed E-state index contributed by atoms with van der Waals surface area (Å²) in [7, 11) is 0. The van der Waals surface area contributed by atoms with E-state index in [2.05, 4.69) is 5.32 Å². The van der Waals surface area contributed by atoms with E-state index < -0.39 is 11.6 Å². The Morgan fingerprint density at radius 2 is 1.90 bits per heavy atom. The van der Waals surface area contributed by atoms with E-state index in [1.807, 2.05) is 20.8 Å². The van der Waals surface area contributed by atoms with Gasteiger partial charge in [0.05, 0.1) is 6.54 Å². The highest BCUT2D eigenvalue weighted by Gasteiger charge is 2.58. The van der Waals surface area contributed by atoms with Crippen molar-refractivity contribution in [1.29, 1.82) is 0 Å². The molecule has 1 saturated carbocycles. The molecule has 5 nitrogen and oxygen atoms in total. The van der Waals surface area contributed by atoms with Crippen LogP contribution in [-0.2, 0) is 9.59 Å². The van der Waals surface area contributed by atoms with Gasteiger partial charge in [0.25, 0.3) is 5.91 Å². The number of hydrogen-bond acceptors (Lipinski definition) is 3. The molecule has 2 aliphatic rings. The van der Waals surface area contributed by atoms with Crippen LogP contribution in [0.25, 0.3) is 0 Å². The number of urea groups is 1. The Morgan fingerprint density at radius 3 is 2.45 bits per heavy atom. The number of amides is 3. The molecule has 2 unspecified atom stereocenters. The summed E-state index contributed by atoms with van der Waals surface area (Å²) >= 11 is 0. The van der Waals surface area contributed by atoms with Gasteiger partial charge in [-0.25, -0.2) is 4.79 Å². The molecule has 1 spiro atoms. The summed E-state index contributed by atoms with van der Waals surface area (Å²) in [5, 5.41) is 2.90. The Labute approximate surface area is 120 Å². The molecule has 0 aromatic rings. The Hall–Kier alpha value is -1.39. The van der Waals surface area contributed by atoms with Crippen LogP contribution in [0.2, 0.25) is 0 Å². The maximum absolute atomic E-state index is 12.7. The normalized spacial score (nSPS) is 33.6. The van der Waals surface area contributed by atoms with Crippen molar-refractivity contribution in [2.24, 2.45) is 11.8 Å². The largest absolute Gasteiger partial charge is 0.325 e. The molecule has 0 radical (unpaired) electrons. The molecule has 2 fully saturated rings. The van der Waals surface area contributed by atoms with Gasteiger partial charge in [0, 0.05) is 6.42 Å². The van der Waals surface area contributed by atoms with Crippen molar-refractivity contribution in [3.05, 3.63) is 0 Å². The van der Waals surface area contributed by atoms with Crippen LogP contribution in [0.15, 0.2) is 0 Å². The van der Waals surface area contributed by atoms with Crippen molar-refractivity contribution in [2.75, 3.05) is 6.54 Å². The Morgan fingerprint density at radius 1 is 1.30 bits per heavy atom. The van der Waals surface area contributed by atoms with E-state index >= 15 is 0 Å². The second-order valence-corrected chi connectivity index (χ2v) is 6.21. The third-order valence-electron chi connectivity index (χ3n) is 4.85. The minimum Gasteiger partial charge on any atom is -0.323 e. The van der Waals surface area contributed by atoms with Crippen LogP contribution >= 0.6 is 0 Å². The Bertz CT molecular complexity index is 423. The first-order chi connectivity index (χ1) is 9.43. The van der Waals surface area contributed by atoms with Crippen LogP contribution in [0.4, 0.5) is 4.79 Å². The molecule has 20 heavy (non-hydrogen) atoms. The van der Waals surface area contributed by atoms with E-state index in [9.17, 15) is 14.4 Å². The molecule has 1 aliphatic carbocycles. The maximum atomic E-state index is 12.7. The third-order valence-corrected chi connectivity index (χ3v) is 4.85. The van der Waals surface area contributed by atoms with Crippen LogP contribution in [0.1, 0.15) is 52.9 Å². The van der Waals surface area contributed by atoms with Gasteiger partial charge in [-0.05, 0) is 31.1 Å². The lowest BCUT2D eigenvalue weighted by atomic mass is 9.67. The highest BCUT2D eigenvalue weighted by Crippen LogP contribution is 2.42. The van der Waals surface area contributed by atoms with Crippen LogP contribution < -0.4 is 5.32 Å². The standard InChI is InChI=1S/C15H24N2O3/c1-4-6-12(18)9-17-13(19)15(16-14(17)20)10(2)7-5-8-11(15)3/h10-11H,4-9H2,1-3H3,(H,16,20). The molecule has 1 aliphatic heterocycles. The topological polar surface area (TPSA) is 66.5 Å². The first-order valence-electron chi connectivity index (χ1n) is 7.59. The van der Waals surface area contributed by atoms with Gasteiger partial charge >= 0.3 is 6.03 Å². The molecule has 0 bridgehead atoms. The summed E-state index contributed by atoms with van der Waals surface area (Å²) in [5.41, 5.74) is -0.790. The number of carbonyl (C=O) groups is 3. The van der Waals surface area contributed by atoms with Gasteiger partial charge in [0.2, 0.25) is 0 Å². The summed E-state index contributed by atoms with van der Waals surface area (Å²) in [5.74, 6) is -0.0150. The first kappa shape index (κ1) is 15.0. The first-order valence-corrected chi connectivity index (χ1v) is 7.59. The molecule has 2 atom stereocenters. The number of imide groups is 1. The number of ketones is 1. The number of carbonyl (C=O) groups excluding carboxylic acids is 3. The van der Waals surface area contributed by atoms with E-state index in [0.29, 0.717) is 6.42 Å². The number of rotatable bonds is 4. The average molecular weight is 280 g/mol. The van der Waals surface area contributed by atoms with Crippen LogP contribution in [0.5, 0.6) is 0 Å². The predicted octanol–water partition coefficient (Wildman–Crippen LogP) is 2.10. The summed E-state index contributed by atoms with van der Waals surface area (Å²) in [6.45, 7) is 5.87. The molecular formula is C15H24N2O3. The lowest BCUT2D eigenvalue weighted by Crippen LogP contribution is -2.59. The molecule has 1 N–H and O–H groups in total. The van der Waals surface area contributed by atoms with Crippen molar-refractivity contribution in [3.8, 4) is 0 Å². The second kappa shape index (κ2) is 5.54. The fourth-order valence-electron chi connectivity index (χ4n) is 3.63. The quantitative estimate of drug-likeness (QED) is 0.802. The maximum Gasteiger partial charge on any atom is 0.325 e. The third kappa shape index (κ3) is 2.23. The fraction of sp³-hybridized carbons (Fsp3) is 0.800. The zero-order chi connectivity index (χ0) is 14.9. The van der Waals surface area contributed by atoms with Crippen molar-refractivity contribution in [1.82, 2.24) is 10.2 Å². The Balaban J connectivity index is 2.21. The smallest absolute Gasteiger partial charge is 0.323 e. The number of nitrogens with zero attached hydrogens (tertiary/aromatic N) is 1. The number of nitrogens with one attached hydrogen (secondary N) is 1. The van der Waals surface area contributed by atoms with Gasteiger partial charge in [-0.2, -0.15) is 0 Å². The van der Waals surface area contributed by atoms with Gasteiger partial charge < -0.3 is 5.32 Å². The molecule has 0 aromatic carbocycles. The van der Waals surface area contributed by atoms with Gasteiger partial charge in [0.15, 0.2) is 5.78 Å². The van der Waals surface area contributed by atoms with Crippen molar-refractivity contribution in [3.63, 3.8) is 0 Å². The SMILES string of the molecule is CCCC(=O)CN1C(=O)NC2(C1=O)C(C)CCCC2C. The summed E-state index contributed by atoms with van der Waals surface area (Å²) < 4.78 is 0. The summed E-state index contributed by atoms with van der Waals surface area (Å²) in [6.07, 6.45) is 4.11. The van der Waals surface area contributed by atoms with E-state index in [0.717, 1.165) is 30.6 Å². The van der Waals surface area contributed by atoms with E-state index in [1.54, 1.807) is 0 Å². The zero-order valence-electron chi connectivity index (χ0n) is 12.6. The lowest BCUT2D eigenvalue weighted by Gasteiger charge is -2.42. The molecule has 112 valence electrons. The zero-order valence-corrected chi connectivity index (χ0v) is 12.6. The van der Waals surface area contributed by atoms with Crippen LogP contribution in [-0.4, -0.2) is 34.7 Å². The van der Waals surface area contributed by atoms with Crippen molar-refractivity contribution < 1.29 is 14.4 Å². The Kier molecular flexibility index (Phi) is 4.16.